The molecular formula is C22H22ClF3N4O3. The smallest absolute Gasteiger partial charge is 0.426 e. The number of rotatable bonds is 4. The molecule has 33 heavy (non-hydrogen) atoms. The van der Waals surface area contributed by atoms with E-state index in [0.29, 0.717) is 11.1 Å². The molecule has 0 fully saturated rings. The predicted molar refractivity (Wildman–Crippen MR) is 116 cm³/mol. The van der Waals surface area contributed by atoms with E-state index in [-0.39, 0.29) is 22.6 Å². The topological polar surface area (TPSA) is 85.3 Å². The zero-order valence-corrected chi connectivity index (χ0v) is 19.1. The van der Waals surface area contributed by atoms with Crippen molar-refractivity contribution in [2.45, 2.75) is 45.8 Å². The summed E-state index contributed by atoms with van der Waals surface area (Å²) in [6.45, 7) is 6.32. The van der Waals surface area contributed by atoms with Crippen LogP contribution in [0.2, 0.25) is 5.02 Å². The number of carbonyl (C=O) groups excluding carboxylic acids is 2. The highest BCUT2D eigenvalue weighted by molar-refractivity contribution is 6.31. The Bertz CT molecular complexity index is 1200. The number of benzene rings is 2. The third-order valence-electron chi connectivity index (χ3n) is 4.63. The molecule has 1 heterocycles. The minimum atomic E-state index is -4.00. The monoisotopic (exact) mass is 482 g/mol. The molecule has 0 aliphatic carbocycles. The largest absolute Gasteiger partial charge is 0.443 e. The van der Waals surface area contributed by atoms with Crippen molar-refractivity contribution in [3.05, 3.63) is 64.1 Å². The number of amides is 2. The maximum Gasteiger partial charge on any atom is 0.426 e. The Morgan fingerprint density at radius 2 is 1.85 bits per heavy atom. The molecule has 2 N–H and O–H groups in total. The van der Waals surface area contributed by atoms with Crippen molar-refractivity contribution in [2.24, 2.45) is 0 Å². The van der Waals surface area contributed by atoms with Crippen LogP contribution in [0.4, 0.5) is 18.0 Å². The van der Waals surface area contributed by atoms with Crippen LogP contribution in [-0.2, 0) is 22.0 Å². The van der Waals surface area contributed by atoms with Gasteiger partial charge in [-0.1, -0.05) is 29.8 Å². The zero-order valence-electron chi connectivity index (χ0n) is 18.3. The molecule has 1 aromatic heterocycles. The lowest BCUT2D eigenvalue weighted by Gasteiger charge is -2.21. The highest BCUT2D eigenvalue weighted by Gasteiger charge is 2.42. The summed E-state index contributed by atoms with van der Waals surface area (Å²) in [4.78, 5) is 23.8. The fourth-order valence-electron chi connectivity index (χ4n) is 3.11. The lowest BCUT2D eigenvalue weighted by Crippen LogP contribution is -2.49. The van der Waals surface area contributed by atoms with Gasteiger partial charge in [-0.25, -0.2) is 14.6 Å². The number of aryl methyl sites for hydroxylation is 1. The maximum atomic E-state index is 14.8. The van der Waals surface area contributed by atoms with Crippen LogP contribution in [0, 0.1) is 12.7 Å². The van der Waals surface area contributed by atoms with Gasteiger partial charge in [0, 0.05) is 21.5 Å². The van der Waals surface area contributed by atoms with E-state index in [2.05, 4.69) is 5.10 Å². The number of carbonyl (C=O) groups is 2. The fourth-order valence-corrected chi connectivity index (χ4v) is 3.33. The molecule has 2 aromatic carbocycles. The number of alkyl halides is 2. The molecule has 0 aliphatic rings. The number of hydrazine groups is 1. The van der Waals surface area contributed by atoms with Gasteiger partial charge in [0.2, 0.25) is 0 Å². The van der Waals surface area contributed by atoms with Crippen molar-refractivity contribution in [3.8, 4) is 0 Å². The first-order valence-corrected chi connectivity index (χ1v) is 10.2. The van der Waals surface area contributed by atoms with E-state index in [0.717, 1.165) is 12.1 Å². The van der Waals surface area contributed by atoms with E-state index < -0.39 is 34.9 Å². The molecule has 176 valence electrons. The fraction of sp³-hybridized carbons (Fsp3) is 0.318. The van der Waals surface area contributed by atoms with Crippen molar-refractivity contribution in [3.63, 3.8) is 0 Å². The standard InChI is InChI=1S/C22H22ClF3N4O3/c1-12-14-9-8-13(22(25,26)19(31)27-28-20(32)33-21(2,3)4)10-18(14)30(29-12)11-15-16(23)6-5-7-17(15)24/h5-10H,11H2,1-4H3,(H,27,31)(H,28,32). The first-order valence-electron chi connectivity index (χ1n) is 9.87. The minimum Gasteiger partial charge on any atom is -0.443 e. The molecule has 0 radical (unpaired) electrons. The van der Waals surface area contributed by atoms with Crippen LogP contribution < -0.4 is 10.9 Å². The number of hydrogen-bond donors (Lipinski definition) is 2. The second-order valence-corrected chi connectivity index (χ2v) is 8.74. The van der Waals surface area contributed by atoms with Crippen LogP contribution >= 0.6 is 11.6 Å². The summed E-state index contributed by atoms with van der Waals surface area (Å²) in [7, 11) is 0. The first-order chi connectivity index (χ1) is 15.3. The van der Waals surface area contributed by atoms with Gasteiger partial charge in [-0.15, -0.1) is 0 Å². The molecule has 7 nitrogen and oxygen atoms in total. The van der Waals surface area contributed by atoms with Gasteiger partial charge in [0.15, 0.2) is 0 Å². The van der Waals surface area contributed by atoms with Crippen molar-refractivity contribution in [2.75, 3.05) is 0 Å². The second kappa shape index (κ2) is 8.93. The Labute approximate surface area is 192 Å². The maximum absolute atomic E-state index is 14.8. The summed E-state index contributed by atoms with van der Waals surface area (Å²) >= 11 is 6.08. The summed E-state index contributed by atoms with van der Waals surface area (Å²) in [5.41, 5.74) is 2.89. The van der Waals surface area contributed by atoms with Crippen LogP contribution in [0.25, 0.3) is 10.9 Å². The van der Waals surface area contributed by atoms with E-state index in [9.17, 15) is 22.8 Å². The molecule has 3 aromatic rings. The molecule has 0 bridgehead atoms. The highest BCUT2D eigenvalue weighted by atomic mass is 35.5. The molecule has 0 aliphatic heterocycles. The number of hydrogen-bond acceptors (Lipinski definition) is 4. The number of fused-ring (bicyclic) bond motifs is 1. The molecular weight excluding hydrogens is 461 g/mol. The Balaban J connectivity index is 1.88. The molecule has 0 spiro atoms. The summed E-state index contributed by atoms with van der Waals surface area (Å²) in [6.07, 6.45) is -1.09. The average molecular weight is 483 g/mol. The molecule has 0 atom stereocenters. The number of nitrogens with zero attached hydrogens (tertiary/aromatic N) is 2. The Morgan fingerprint density at radius 1 is 1.15 bits per heavy atom. The number of halogens is 4. The SMILES string of the molecule is Cc1nn(Cc2c(F)cccc2Cl)c2cc(C(F)(F)C(=O)NNC(=O)OC(C)(C)C)ccc12. The quantitative estimate of drug-likeness (QED) is 0.521. The van der Waals surface area contributed by atoms with Gasteiger partial charge in [-0.05, 0) is 45.9 Å². The van der Waals surface area contributed by atoms with Gasteiger partial charge < -0.3 is 4.74 Å². The molecule has 3 rings (SSSR count). The zero-order chi connectivity index (χ0) is 24.6. The summed E-state index contributed by atoms with van der Waals surface area (Å²) in [5, 5.41) is 5.02. The van der Waals surface area contributed by atoms with E-state index in [1.54, 1.807) is 38.5 Å². The third kappa shape index (κ3) is 5.39. The second-order valence-electron chi connectivity index (χ2n) is 8.33. The summed E-state index contributed by atoms with van der Waals surface area (Å²) < 4.78 is 50.2. The van der Waals surface area contributed by atoms with Gasteiger partial charge in [-0.2, -0.15) is 13.9 Å². The van der Waals surface area contributed by atoms with Crippen molar-refractivity contribution in [1.82, 2.24) is 20.6 Å². The third-order valence-corrected chi connectivity index (χ3v) is 4.98. The Morgan fingerprint density at radius 3 is 2.48 bits per heavy atom. The van der Waals surface area contributed by atoms with E-state index >= 15 is 0 Å². The van der Waals surface area contributed by atoms with Crippen LogP contribution in [0.1, 0.15) is 37.6 Å². The summed E-state index contributed by atoms with van der Waals surface area (Å²) in [5.74, 6) is -6.31. The van der Waals surface area contributed by atoms with Crippen LogP contribution in [0.5, 0.6) is 0 Å². The van der Waals surface area contributed by atoms with Gasteiger partial charge in [0.05, 0.1) is 17.8 Å². The lowest BCUT2D eigenvalue weighted by atomic mass is 10.1. The van der Waals surface area contributed by atoms with Gasteiger partial charge in [-0.3, -0.25) is 14.9 Å². The normalized spacial score (nSPS) is 12.0. The van der Waals surface area contributed by atoms with E-state index in [1.807, 2.05) is 0 Å². The number of nitrogens with one attached hydrogen (secondary N) is 2. The molecule has 0 saturated carbocycles. The number of ether oxygens (including phenoxy) is 1. The van der Waals surface area contributed by atoms with Crippen LogP contribution in [0.15, 0.2) is 36.4 Å². The molecule has 0 unspecified atom stereocenters. The van der Waals surface area contributed by atoms with Crippen molar-refractivity contribution in [1.29, 1.82) is 0 Å². The molecule has 2 amide bonds. The Kier molecular flexibility index (Phi) is 6.60. The average Bonchev–Trinajstić information content (AvgIpc) is 3.02. The predicted octanol–water partition coefficient (Wildman–Crippen LogP) is 4.83. The van der Waals surface area contributed by atoms with Gasteiger partial charge >= 0.3 is 17.9 Å². The lowest BCUT2D eigenvalue weighted by molar-refractivity contribution is -0.148. The minimum absolute atomic E-state index is 0.0999. The van der Waals surface area contributed by atoms with E-state index in [4.69, 9.17) is 16.3 Å². The molecule has 0 saturated heterocycles. The number of aromatic nitrogens is 2. The van der Waals surface area contributed by atoms with Gasteiger partial charge in [0.25, 0.3) is 0 Å². The van der Waals surface area contributed by atoms with Crippen LogP contribution in [-0.4, -0.2) is 27.4 Å². The summed E-state index contributed by atoms with van der Waals surface area (Å²) in [6, 6.07) is 7.79. The first kappa shape index (κ1) is 24.4. The van der Waals surface area contributed by atoms with Crippen LogP contribution in [0.3, 0.4) is 0 Å². The molecule has 11 heteroatoms. The van der Waals surface area contributed by atoms with Crippen molar-refractivity contribution >= 4 is 34.5 Å². The van der Waals surface area contributed by atoms with E-state index in [1.165, 1.54) is 28.9 Å². The van der Waals surface area contributed by atoms with Gasteiger partial charge in [0.1, 0.15) is 11.4 Å². The van der Waals surface area contributed by atoms with Crippen molar-refractivity contribution < 1.29 is 27.5 Å². The Hall–Kier alpha value is -3.27. The highest BCUT2D eigenvalue weighted by Crippen LogP contribution is 2.32.